The SMILES string of the molecule is C=CC[C@H]1CC[C@H](CCc2ccccc2)CC1. The first kappa shape index (κ1) is 12.4. The van der Waals surface area contributed by atoms with Gasteiger partial charge < -0.3 is 0 Å². The van der Waals surface area contributed by atoms with Crippen LogP contribution in [0.15, 0.2) is 43.0 Å². The fourth-order valence-corrected chi connectivity index (χ4v) is 3.01. The maximum atomic E-state index is 3.85. The molecule has 1 aromatic rings. The fourth-order valence-electron chi connectivity index (χ4n) is 3.01. The van der Waals surface area contributed by atoms with Crippen molar-refractivity contribution in [2.75, 3.05) is 0 Å². The van der Waals surface area contributed by atoms with Gasteiger partial charge in [0, 0.05) is 0 Å². The number of benzene rings is 1. The molecule has 1 aliphatic rings. The molecule has 0 heterocycles. The van der Waals surface area contributed by atoms with E-state index in [4.69, 9.17) is 0 Å². The molecular formula is C17H24. The lowest BCUT2D eigenvalue weighted by Crippen LogP contribution is -2.14. The number of rotatable bonds is 5. The van der Waals surface area contributed by atoms with Gasteiger partial charge in [0.1, 0.15) is 0 Å². The molecule has 0 radical (unpaired) electrons. The molecule has 17 heavy (non-hydrogen) atoms. The molecular weight excluding hydrogens is 204 g/mol. The second kappa shape index (κ2) is 6.64. The van der Waals surface area contributed by atoms with Crippen LogP contribution < -0.4 is 0 Å². The van der Waals surface area contributed by atoms with Gasteiger partial charge in [0.05, 0.1) is 0 Å². The van der Waals surface area contributed by atoms with E-state index < -0.39 is 0 Å². The highest BCUT2D eigenvalue weighted by Gasteiger charge is 2.19. The highest BCUT2D eigenvalue weighted by molar-refractivity contribution is 5.14. The smallest absolute Gasteiger partial charge is 0.0276 e. The molecule has 92 valence electrons. The summed E-state index contributed by atoms with van der Waals surface area (Å²) in [6.07, 6.45) is 11.7. The molecule has 0 amide bonds. The van der Waals surface area contributed by atoms with Gasteiger partial charge in [0.2, 0.25) is 0 Å². The summed E-state index contributed by atoms with van der Waals surface area (Å²) in [5.41, 5.74) is 1.50. The zero-order valence-corrected chi connectivity index (χ0v) is 10.8. The molecule has 0 bridgehead atoms. The lowest BCUT2D eigenvalue weighted by molar-refractivity contribution is 0.265. The van der Waals surface area contributed by atoms with Gasteiger partial charge in [-0.1, -0.05) is 49.2 Å². The first-order chi connectivity index (χ1) is 8.38. The van der Waals surface area contributed by atoms with Crippen molar-refractivity contribution in [2.45, 2.75) is 44.9 Å². The summed E-state index contributed by atoms with van der Waals surface area (Å²) in [5.74, 6) is 1.90. The van der Waals surface area contributed by atoms with Gasteiger partial charge in [-0.25, -0.2) is 0 Å². The highest BCUT2D eigenvalue weighted by Crippen LogP contribution is 2.33. The monoisotopic (exact) mass is 228 g/mol. The van der Waals surface area contributed by atoms with Gasteiger partial charge in [-0.15, -0.1) is 6.58 Å². The Morgan fingerprint density at radius 2 is 1.65 bits per heavy atom. The zero-order valence-electron chi connectivity index (χ0n) is 10.8. The summed E-state index contributed by atoms with van der Waals surface area (Å²) in [5, 5.41) is 0. The summed E-state index contributed by atoms with van der Waals surface area (Å²) in [6, 6.07) is 10.9. The first-order valence-corrected chi connectivity index (χ1v) is 7.03. The maximum Gasteiger partial charge on any atom is -0.0276 e. The van der Waals surface area contributed by atoms with Crippen molar-refractivity contribution in [2.24, 2.45) is 11.8 Å². The number of hydrogen-bond donors (Lipinski definition) is 0. The molecule has 1 fully saturated rings. The van der Waals surface area contributed by atoms with E-state index in [-0.39, 0.29) is 0 Å². The number of aryl methyl sites for hydroxylation is 1. The van der Waals surface area contributed by atoms with Crippen molar-refractivity contribution in [1.82, 2.24) is 0 Å². The maximum absolute atomic E-state index is 3.85. The Bertz CT molecular complexity index is 317. The minimum absolute atomic E-state index is 0.931. The summed E-state index contributed by atoms with van der Waals surface area (Å²) in [7, 11) is 0. The van der Waals surface area contributed by atoms with Crippen LogP contribution in [0, 0.1) is 11.8 Å². The summed E-state index contributed by atoms with van der Waals surface area (Å²) in [4.78, 5) is 0. The van der Waals surface area contributed by atoms with Crippen LogP contribution in [-0.2, 0) is 6.42 Å². The molecule has 0 aromatic heterocycles. The minimum Gasteiger partial charge on any atom is -0.103 e. The van der Waals surface area contributed by atoms with Crippen molar-refractivity contribution < 1.29 is 0 Å². The van der Waals surface area contributed by atoms with Crippen molar-refractivity contribution in [3.05, 3.63) is 48.6 Å². The molecule has 1 aromatic carbocycles. The van der Waals surface area contributed by atoms with Crippen molar-refractivity contribution >= 4 is 0 Å². The molecule has 0 aliphatic heterocycles. The van der Waals surface area contributed by atoms with Crippen molar-refractivity contribution in [3.8, 4) is 0 Å². The van der Waals surface area contributed by atoms with E-state index in [1.807, 2.05) is 0 Å². The van der Waals surface area contributed by atoms with E-state index in [1.165, 1.54) is 50.5 Å². The minimum atomic E-state index is 0.931. The Morgan fingerprint density at radius 1 is 1.00 bits per heavy atom. The normalized spacial score (nSPS) is 24.5. The average Bonchev–Trinajstić information content (AvgIpc) is 2.40. The van der Waals surface area contributed by atoms with Crippen LogP contribution in [0.2, 0.25) is 0 Å². The second-order valence-electron chi connectivity index (χ2n) is 5.44. The lowest BCUT2D eigenvalue weighted by Gasteiger charge is -2.27. The predicted octanol–water partition coefficient (Wildman–Crippen LogP) is 5.00. The molecule has 2 rings (SSSR count). The summed E-state index contributed by atoms with van der Waals surface area (Å²) >= 11 is 0. The topological polar surface area (TPSA) is 0 Å². The van der Waals surface area contributed by atoms with Crippen LogP contribution in [-0.4, -0.2) is 0 Å². The molecule has 0 nitrogen and oxygen atoms in total. The molecule has 0 N–H and O–H groups in total. The second-order valence-corrected chi connectivity index (χ2v) is 5.44. The van der Waals surface area contributed by atoms with Gasteiger partial charge in [-0.3, -0.25) is 0 Å². The Kier molecular flexibility index (Phi) is 4.85. The third-order valence-corrected chi connectivity index (χ3v) is 4.15. The van der Waals surface area contributed by atoms with Gasteiger partial charge >= 0.3 is 0 Å². The third kappa shape index (κ3) is 4.03. The van der Waals surface area contributed by atoms with Crippen LogP contribution in [0.25, 0.3) is 0 Å². The Morgan fingerprint density at radius 3 is 2.29 bits per heavy atom. The highest BCUT2D eigenvalue weighted by atomic mass is 14.2. The summed E-state index contributed by atoms with van der Waals surface area (Å²) in [6.45, 7) is 3.85. The van der Waals surface area contributed by atoms with Crippen molar-refractivity contribution in [1.29, 1.82) is 0 Å². The number of allylic oxidation sites excluding steroid dienone is 1. The Labute approximate surface area is 106 Å². The molecule has 0 saturated heterocycles. The van der Waals surface area contributed by atoms with Crippen LogP contribution >= 0.6 is 0 Å². The van der Waals surface area contributed by atoms with E-state index in [2.05, 4.69) is 43.0 Å². The lowest BCUT2D eigenvalue weighted by atomic mass is 9.78. The van der Waals surface area contributed by atoms with E-state index in [9.17, 15) is 0 Å². The van der Waals surface area contributed by atoms with Crippen LogP contribution in [0.4, 0.5) is 0 Å². The third-order valence-electron chi connectivity index (χ3n) is 4.15. The van der Waals surface area contributed by atoms with E-state index in [1.54, 1.807) is 0 Å². The van der Waals surface area contributed by atoms with E-state index in [0.717, 1.165) is 11.8 Å². The molecule has 0 spiro atoms. The molecule has 1 saturated carbocycles. The van der Waals surface area contributed by atoms with Crippen LogP contribution in [0.3, 0.4) is 0 Å². The largest absolute Gasteiger partial charge is 0.103 e. The van der Waals surface area contributed by atoms with E-state index >= 15 is 0 Å². The Hall–Kier alpha value is -1.04. The van der Waals surface area contributed by atoms with Gasteiger partial charge in [0.25, 0.3) is 0 Å². The summed E-state index contributed by atoms with van der Waals surface area (Å²) < 4.78 is 0. The van der Waals surface area contributed by atoms with Gasteiger partial charge in [-0.2, -0.15) is 0 Å². The average molecular weight is 228 g/mol. The van der Waals surface area contributed by atoms with Crippen LogP contribution in [0.1, 0.15) is 44.1 Å². The quantitative estimate of drug-likeness (QED) is 0.622. The van der Waals surface area contributed by atoms with Gasteiger partial charge in [0.15, 0.2) is 0 Å². The predicted molar refractivity (Wildman–Crippen MR) is 75.0 cm³/mol. The first-order valence-electron chi connectivity index (χ1n) is 7.03. The standard InChI is InChI=1S/C17H24/c1-2-6-15-9-12-17(13-10-15)14-11-16-7-4-3-5-8-16/h2-5,7-8,15,17H,1,6,9-14H2/t15-,17-. The fraction of sp³-hybridized carbons (Fsp3) is 0.529. The van der Waals surface area contributed by atoms with Crippen LogP contribution in [0.5, 0.6) is 0 Å². The molecule has 0 unspecified atom stereocenters. The Balaban J connectivity index is 1.70. The van der Waals surface area contributed by atoms with Gasteiger partial charge in [-0.05, 0) is 49.5 Å². The van der Waals surface area contributed by atoms with E-state index in [0.29, 0.717) is 0 Å². The zero-order chi connectivity index (χ0) is 11.9. The number of hydrogen-bond acceptors (Lipinski definition) is 0. The molecule has 0 atom stereocenters. The molecule has 1 aliphatic carbocycles. The van der Waals surface area contributed by atoms with Crippen molar-refractivity contribution in [3.63, 3.8) is 0 Å². The molecule has 0 heteroatoms.